The van der Waals surface area contributed by atoms with Crippen LogP contribution in [0, 0.1) is 39.0 Å². The maximum Gasteiger partial charge on any atom is 0.299 e. The van der Waals surface area contributed by atoms with Crippen molar-refractivity contribution in [2.75, 3.05) is 187 Å². The summed E-state index contributed by atoms with van der Waals surface area (Å²) >= 11 is 0. The Labute approximate surface area is 468 Å². The summed E-state index contributed by atoms with van der Waals surface area (Å²) in [6.07, 6.45) is 6.46. The van der Waals surface area contributed by atoms with E-state index in [0.29, 0.717) is 148 Å². The van der Waals surface area contributed by atoms with Crippen molar-refractivity contribution in [3.8, 4) is 11.3 Å². The van der Waals surface area contributed by atoms with Gasteiger partial charge in [-0.1, -0.05) is 31.2 Å². The second kappa shape index (κ2) is 33.8. The number of likely N-dealkylation sites (tertiary alicyclic amines) is 1. The molecule has 2 saturated heterocycles. The molecule has 0 bridgehead atoms. The van der Waals surface area contributed by atoms with Gasteiger partial charge in [-0.2, -0.15) is 0 Å². The number of non-ortho nitro benzene ring substituents is 1. The first-order valence-electron chi connectivity index (χ1n) is 28.1. The quantitative estimate of drug-likeness (QED) is 0.0237. The van der Waals surface area contributed by atoms with Crippen molar-refractivity contribution in [1.82, 2.24) is 15.2 Å². The number of piperidine rings is 2. The van der Waals surface area contributed by atoms with Gasteiger partial charge in [0.15, 0.2) is 5.76 Å². The van der Waals surface area contributed by atoms with Gasteiger partial charge < -0.3 is 72.8 Å². The van der Waals surface area contributed by atoms with Crippen LogP contribution in [0.1, 0.15) is 54.1 Å². The molecule has 80 heavy (non-hydrogen) atoms. The normalized spacial score (nSPS) is 17.4. The molecule has 2 atom stereocenters. The van der Waals surface area contributed by atoms with Gasteiger partial charge >= 0.3 is 0 Å². The molecule has 3 N–H and O–H groups in total. The highest BCUT2D eigenvalue weighted by molar-refractivity contribution is 5.95. The second-order valence-electron chi connectivity index (χ2n) is 20.2. The van der Waals surface area contributed by atoms with Gasteiger partial charge in [-0.25, -0.2) is 4.98 Å². The molecular weight excluding hydrogens is 1040 g/mol. The molecule has 1 amide bonds. The number of nitro benzene ring substituents is 2. The van der Waals surface area contributed by atoms with E-state index in [2.05, 4.69) is 62.8 Å². The summed E-state index contributed by atoms with van der Waals surface area (Å²) in [6, 6.07) is 18.4. The molecule has 0 saturated carbocycles. The Morgan fingerprint density at radius 3 is 1.89 bits per heavy atom. The fourth-order valence-corrected chi connectivity index (χ4v) is 10.2. The Morgan fingerprint density at radius 1 is 0.725 bits per heavy atom. The van der Waals surface area contributed by atoms with Crippen molar-refractivity contribution in [2.24, 2.45) is 11.8 Å². The van der Waals surface area contributed by atoms with Crippen molar-refractivity contribution in [3.05, 3.63) is 104 Å². The summed E-state index contributed by atoms with van der Waals surface area (Å²) in [4.78, 5) is 43.3. The molecule has 0 radical (unpaired) electrons. The molecule has 3 aliphatic heterocycles. The van der Waals surface area contributed by atoms with Crippen molar-refractivity contribution in [1.29, 1.82) is 0 Å². The van der Waals surface area contributed by atoms with Crippen molar-refractivity contribution < 1.29 is 61.7 Å². The van der Waals surface area contributed by atoms with Gasteiger partial charge in [0.1, 0.15) is 5.69 Å². The average Bonchev–Trinajstić information content (AvgIpc) is 4.29. The SMILES string of the molecule is Cc1ccc2c(c1)NCC21CCN(CCC2CCN(c3ncc(-c4cccc(C(=O)NCCOCCOCCOCCOCCOCCOCCOCCOCCOCCNc5ccc([N+](=O)[O-])cc5[N+](=O)[O-])c4)o3)CC2)CC1C. The largest absolute Gasteiger partial charge is 0.423 e. The van der Waals surface area contributed by atoms with Crippen molar-refractivity contribution in [2.45, 2.75) is 44.9 Å². The summed E-state index contributed by atoms with van der Waals surface area (Å²) in [5, 5.41) is 31.6. The molecule has 2 fully saturated rings. The molecule has 3 aromatic carbocycles. The summed E-state index contributed by atoms with van der Waals surface area (Å²) in [5.74, 6) is 1.78. The van der Waals surface area contributed by atoms with Crippen LogP contribution in [0.2, 0.25) is 0 Å². The summed E-state index contributed by atoms with van der Waals surface area (Å²) in [7, 11) is 0. The molecule has 23 heteroatoms. The first-order valence-corrected chi connectivity index (χ1v) is 28.1. The third-order valence-electron chi connectivity index (χ3n) is 14.8. The number of carbonyl (C=O) groups is 1. The van der Waals surface area contributed by atoms with Crippen molar-refractivity contribution in [3.63, 3.8) is 0 Å². The number of rotatable bonds is 39. The lowest BCUT2D eigenvalue weighted by atomic mass is 9.67. The van der Waals surface area contributed by atoms with E-state index >= 15 is 0 Å². The Kier molecular flexibility index (Phi) is 26.1. The number of anilines is 3. The monoisotopic (exact) mass is 1120 g/mol. The minimum absolute atomic E-state index is 0.180. The van der Waals surface area contributed by atoms with E-state index in [1.165, 1.54) is 41.8 Å². The van der Waals surface area contributed by atoms with Crippen molar-refractivity contribution >= 4 is 34.7 Å². The number of hydrogen-bond donors (Lipinski definition) is 3. The number of oxazole rings is 1. The zero-order valence-corrected chi connectivity index (χ0v) is 46.6. The molecule has 1 aromatic heterocycles. The first-order chi connectivity index (χ1) is 39.1. The third-order valence-corrected chi connectivity index (χ3v) is 14.8. The minimum atomic E-state index is -0.681. The van der Waals surface area contributed by atoms with Gasteiger partial charge in [0.05, 0.1) is 141 Å². The molecular formula is C57H82N8O15. The maximum atomic E-state index is 13.0. The van der Waals surface area contributed by atoms with E-state index in [9.17, 15) is 25.0 Å². The number of nitrogens with one attached hydrogen (secondary N) is 3. The number of fused-ring (bicyclic) bond motifs is 2. The molecule has 3 aliphatic rings. The van der Waals surface area contributed by atoms with Crippen LogP contribution in [0.25, 0.3) is 11.3 Å². The number of aromatic nitrogens is 1. The molecule has 1 spiro atoms. The van der Waals surface area contributed by atoms with Crippen LogP contribution in [-0.2, 0) is 48.0 Å². The van der Waals surface area contributed by atoms with E-state index in [1.807, 2.05) is 18.2 Å². The standard InChI is InChI=1S/C57H82N8O15/c1-44-6-8-50-52(38-44)61-43-57(50)13-19-62(42-45(57)2)16-10-46-11-17-63(18-12-46)56-60-41-54(80-56)47-4-3-5-48(39-47)55(66)59-15-21-72-23-25-74-27-29-76-31-33-78-35-37-79-36-34-77-32-30-75-28-26-73-24-22-71-20-14-58-51-9-7-49(64(67)68)40-53(51)65(69)70/h3-9,38-41,45-46,58,61H,10-37,42-43H2,1-2H3,(H,59,66). The van der Waals surface area contributed by atoms with Crippen LogP contribution in [0.15, 0.2) is 71.3 Å². The van der Waals surface area contributed by atoms with Crippen LogP contribution in [0.3, 0.4) is 0 Å². The summed E-state index contributed by atoms with van der Waals surface area (Å²) in [5.41, 5.74) is 5.25. The van der Waals surface area contributed by atoms with Gasteiger partial charge in [-0.15, -0.1) is 0 Å². The topological polar surface area (TPSA) is 255 Å². The van der Waals surface area contributed by atoms with E-state index in [0.717, 1.165) is 63.7 Å². The van der Waals surface area contributed by atoms with Gasteiger partial charge in [-0.3, -0.25) is 25.0 Å². The van der Waals surface area contributed by atoms with Crippen LogP contribution >= 0.6 is 0 Å². The fraction of sp³-hybridized carbons (Fsp3) is 0.614. The lowest BCUT2D eigenvalue weighted by Gasteiger charge is -2.45. The first kappa shape index (κ1) is 61.8. The summed E-state index contributed by atoms with van der Waals surface area (Å²) in [6.45, 7) is 19.0. The third kappa shape index (κ3) is 19.7. The minimum Gasteiger partial charge on any atom is -0.423 e. The summed E-state index contributed by atoms with van der Waals surface area (Å²) < 4.78 is 56.0. The lowest BCUT2D eigenvalue weighted by Crippen LogP contribution is -2.50. The number of amides is 1. The average molecular weight is 1120 g/mol. The van der Waals surface area contributed by atoms with Crippen LogP contribution in [-0.4, -0.2) is 197 Å². The Morgan fingerprint density at radius 2 is 1.31 bits per heavy atom. The highest BCUT2D eigenvalue weighted by Gasteiger charge is 2.46. The maximum absolute atomic E-state index is 13.0. The Balaban J connectivity index is 0.596. The van der Waals surface area contributed by atoms with Crippen LogP contribution < -0.4 is 20.9 Å². The predicted molar refractivity (Wildman–Crippen MR) is 301 cm³/mol. The fourth-order valence-electron chi connectivity index (χ4n) is 10.2. The Hall–Kier alpha value is -5.86. The van der Waals surface area contributed by atoms with Gasteiger partial charge in [0, 0.05) is 67.6 Å². The molecule has 2 unspecified atom stereocenters. The molecule has 0 aliphatic carbocycles. The number of nitrogens with zero attached hydrogens (tertiary/aromatic N) is 5. The number of carbonyl (C=O) groups excluding carboxylic acids is 1. The number of hydrogen-bond acceptors (Lipinski definition) is 20. The zero-order valence-electron chi connectivity index (χ0n) is 46.6. The van der Waals surface area contributed by atoms with E-state index in [-0.39, 0.29) is 41.5 Å². The number of aryl methyl sites for hydroxylation is 1. The van der Waals surface area contributed by atoms with Crippen LogP contribution in [0.4, 0.5) is 28.8 Å². The van der Waals surface area contributed by atoms with Gasteiger partial charge in [0.2, 0.25) is 0 Å². The van der Waals surface area contributed by atoms with E-state index in [1.54, 1.807) is 12.3 Å². The number of benzene rings is 3. The zero-order chi connectivity index (χ0) is 56.2. The number of nitro groups is 2. The smallest absolute Gasteiger partial charge is 0.299 e. The van der Waals surface area contributed by atoms with E-state index < -0.39 is 9.85 Å². The predicted octanol–water partition coefficient (Wildman–Crippen LogP) is 6.77. The van der Waals surface area contributed by atoms with Gasteiger partial charge in [-0.05, 0) is 92.9 Å². The molecule has 23 nitrogen and oxygen atoms in total. The molecule has 4 aromatic rings. The lowest BCUT2D eigenvalue weighted by molar-refractivity contribution is -0.393. The molecule has 440 valence electrons. The van der Waals surface area contributed by atoms with Crippen LogP contribution in [0.5, 0.6) is 0 Å². The molecule has 7 rings (SSSR count). The second-order valence-corrected chi connectivity index (χ2v) is 20.2. The number of ether oxygens (including phenoxy) is 9. The van der Waals surface area contributed by atoms with Gasteiger partial charge in [0.25, 0.3) is 23.3 Å². The van der Waals surface area contributed by atoms with E-state index in [4.69, 9.17) is 47.0 Å². The molecule has 4 heterocycles. The highest BCUT2D eigenvalue weighted by atomic mass is 16.6. The Bertz CT molecular complexity index is 2500. The highest BCUT2D eigenvalue weighted by Crippen LogP contribution is 2.47.